The normalized spacial score (nSPS) is 30.7. The molecule has 0 aromatic heterocycles. The van der Waals surface area contributed by atoms with Crippen LogP contribution in [0.2, 0.25) is 0 Å². The van der Waals surface area contributed by atoms with Gasteiger partial charge in [0.1, 0.15) is 0 Å². The minimum atomic E-state index is -2.75. The van der Waals surface area contributed by atoms with Crippen molar-refractivity contribution >= 4 is 26.8 Å². The molecule has 104 valence electrons. The summed E-state index contributed by atoms with van der Waals surface area (Å²) in [6, 6.07) is 0. The van der Waals surface area contributed by atoms with Gasteiger partial charge in [0.05, 0.1) is 18.1 Å². The van der Waals surface area contributed by atoms with Gasteiger partial charge in [-0.15, -0.1) is 0 Å². The second-order valence-electron chi connectivity index (χ2n) is 5.67. The lowest BCUT2D eigenvalue weighted by atomic mass is 10.1. The Balaban J connectivity index is 1.70. The molecule has 2 unspecified atom stereocenters. The first-order valence-electron chi connectivity index (χ1n) is 6.60. The lowest BCUT2D eigenvalue weighted by Gasteiger charge is -2.12. The second kappa shape index (κ2) is 5.82. The van der Waals surface area contributed by atoms with Crippen LogP contribution in [0.15, 0.2) is 4.99 Å². The second-order valence-corrected chi connectivity index (χ2v) is 9.18. The summed E-state index contributed by atoms with van der Waals surface area (Å²) < 4.78 is 22.7. The Morgan fingerprint density at radius 3 is 2.89 bits per heavy atom. The highest BCUT2D eigenvalue weighted by Gasteiger charge is 2.28. The maximum absolute atomic E-state index is 11.3. The van der Waals surface area contributed by atoms with E-state index in [2.05, 4.69) is 24.2 Å². The first-order chi connectivity index (χ1) is 8.44. The predicted molar refractivity (Wildman–Crippen MR) is 77.9 cm³/mol. The van der Waals surface area contributed by atoms with Gasteiger partial charge in [-0.05, 0) is 24.7 Å². The Labute approximate surface area is 114 Å². The Morgan fingerprint density at radius 1 is 1.50 bits per heavy atom. The quantitative estimate of drug-likeness (QED) is 0.853. The van der Waals surface area contributed by atoms with Gasteiger partial charge in [-0.1, -0.05) is 25.6 Å². The fourth-order valence-electron chi connectivity index (χ4n) is 2.43. The smallest absolute Gasteiger partial charge is 0.156 e. The van der Waals surface area contributed by atoms with Crippen molar-refractivity contribution in [3.05, 3.63) is 0 Å². The summed E-state index contributed by atoms with van der Waals surface area (Å²) in [5.74, 6) is 1.67. The summed E-state index contributed by atoms with van der Waals surface area (Å²) in [4.78, 5) is 4.49. The van der Waals surface area contributed by atoms with Crippen molar-refractivity contribution in [2.75, 3.05) is 24.6 Å². The van der Waals surface area contributed by atoms with Crippen LogP contribution >= 0.6 is 11.8 Å². The molecule has 4 nitrogen and oxygen atoms in total. The van der Waals surface area contributed by atoms with E-state index in [1.165, 1.54) is 6.42 Å². The summed E-state index contributed by atoms with van der Waals surface area (Å²) in [6.45, 7) is 6.11. The number of nitrogens with zero attached hydrogens (tertiary/aromatic N) is 1. The van der Waals surface area contributed by atoms with Gasteiger partial charge in [-0.3, -0.25) is 4.99 Å². The Morgan fingerprint density at radius 2 is 2.28 bits per heavy atom. The highest BCUT2D eigenvalue weighted by molar-refractivity contribution is 8.14. The van der Waals surface area contributed by atoms with Crippen LogP contribution in [-0.2, 0) is 9.84 Å². The molecule has 0 spiro atoms. The molecule has 2 aliphatic heterocycles. The third-order valence-corrected chi connectivity index (χ3v) is 6.33. The van der Waals surface area contributed by atoms with Crippen LogP contribution < -0.4 is 5.32 Å². The van der Waals surface area contributed by atoms with Crippen LogP contribution in [0.25, 0.3) is 0 Å². The van der Waals surface area contributed by atoms with E-state index in [1.807, 2.05) is 11.8 Å². The SMILES string of the molecule is CC(C)CC1CN=C(NCC2CCS(=O)(=O)C2)S1. The predicted octanol–water partition coefficient (Wildman–Crippen LogP) is 1.53. The molecule has 2 rings (SSSR count). The molecule has 0 saturated carbocycles. The van der Waals surface area contributed by atoms with Gasteiger partial charge in [0, 0.05) is 11.8 Å². The molecular weight excluding hydrogens is 268 g/mol. The molecule has 1 N–H and O–H groups in total. The highest BCUT2D eigenvalue weighted by Crippen LogP contribution is 2.26. The van der Waals surface area contributed by atoms with Gasteiger partial charge >= 0.3 is 0 Å². The Kier molecular flexibility index (Phi) is 4.59. The van der Waals surface area contributed by atoms with E-state index in [-0.39, 0.29) is 5.92 Å². The summed E-state index contributed by atoms with van der Waals surface area (Å²) in [6.07, 6.45) is 1.99. The maximum Gasteiger partial charge on any atom is 0.156 e. The molecule has 1 fully saturated rings. The van der Waals surface area contributed by atoms with Crippen molar-refractivity contribution in [1.29, 1.82) is 0 Å². The van der Waals surface area contributed by atoms with E-state index in [4.69, 9.17) is 0 Å². The molecule has 2 aliphatic rings. The van der Waals surface area contributed by atoms with Gasteiger partial charge < -0.3 is 5.32 Å². The minimum Gasteiger partial charge on any atom is -0.365 e. The van der Waals surface area contributed by atoms with Crippen LogP contribution in [-0.4, -0.2) is 43.4 Å². The number of aliphatic imine (C=N–C) groups is 1. The number of thioether (sulfide) groups is 1. The third-order valence-electron chi connectivity index (χ3n) is 3.32. The van der Waals surface area contributed by atoms with Gasteiger partial charge in [0.2, 0.25) is 0 Å². The number of amidine groups is 1. The van der Waals surface area contributed by atoms with E-state index in [0.717, 1.165) is 24.7 Å². The van der Waals surface area contributed by atoms with Gasteiger partial charge in [0.15, 0.2) is 15.0 Å². The molecule has 18 heavy (non-hydrogen) atoms. The zero-order valence-corrected chi connectivity index (χ0v) is 12.7. The van der Waals surface area contributed by atoms with Crippen molar-refractivity contribution in [2.24, 2.45) is 16.8 Å². The third kappa shape index (κ3) is 4.16. The fraction of sp³-hybridized carbons (Fsp3) is 0.917. The first-order valence-corrected chi connectivity index (χ1v) is 9.30. The summed E-state index contributed by atoms with van der Waals surface area (Å²) in [5.41, 5.74) is 0. The molecule has 0 aromatic carbocycles. The van der Waals surface area contributed by atoms with E-state index >= 15 is 0 Å². The van der Waals surface area contributed by atoms with Crippen molar-refractivity contribution in [3.8, 4) is 0 Å². The standard InChI is InChI=1S/C12H22N2O2S2/c1-9(2)5-11-7-14-12(17-11)13-6-10-3-4-18(15,16)8-10/h9-11H,3-8H2,1-2H3,(H,13,14). The fourth-order valence-corrected chi connectivity index (χ4v) is 5.55. The average Bonchev–Trinajstić information content (AvgIpc) is 2.81. The van der Waals surface area contributed by atoms with E-state index in [9.17, 15) is 8.42 Å². The molecule has 2 atom stereocenters. The average molecular weight is 290 g/mol. The lowest BCUT2D eigenvalue weighted by molar-refractivity contribution is 0.572. The summed E-state index contributed by atoms with van der Waals surface area (Å²) in [5, 5.41) is 4.91. The molecule has 0 aliphatic carbocycles. The lowest BCUT2D eigenvalue weighted by Crippen LogP contribution is -2.27. The zero-order chi connectivity index (χ0) is 13.2. The van der Waals surface area contributed by atoms with Crippen LogP contribution in [0, 0.1) is 11.8 Å². The van der Waals surface area contributed by atoms with Crippen LogP contribution in [0.1, 0.15) is 26.7 Å². The number of rotatable bonds is 4. The van der Waals surface area contributed by atoms with Crippen LogP contribution in [0.5, 0.6) is 0 Å². The zero-order valence-electron chi connectivity index (χ0n) is 11.1. The van der Waals surface area contributed by atoms with Crippen molar-refractivity contribution in [1.82, 2.24) is 5.32 Å². The van der Waals surface area contributed by atoms with Gasteiger partial charge in [0.25, 0.3) is 0 Å². The monoisotopic (exact) mass is 290 g/mol. The van der Waals surface area contributed by atoms with Crippen LogP contribution in [0.3, 0.4) is 0 Å². The summed E-state index contributed by atoms with van der Waals surface area (Å²) >= 11 is 1.81. The first kappa shape index (κ1) is 14.2. The topological polar surface area (TPSA) is 58.5 Å². The molecule has 0 bridgehead atoms. The number of sulfone groups is 1. The molecule has 6 heteroatoms. The Bertz CT molecular complexity index is 418. The van der Waals surface area contributed by atoms with Gasteiger partial charge in [-0.25, -0.2) is 8.42 Å². The van der Waals surface area contributed by atoms with Crippen LogP contribution in [0.4, 0.5) is 0 Å². The highest BCUT2D eigenvalue weighted by atomic mass is 32.2. The maximum atomic E-state index is 11.3. The van der Waals surface area contributed by atoms with E-state index in [0.29, 0.717) is 22.7 Å². The van der Waals surface area contributed by atoms with Crippen molar-refractivity contribution in [2.45, 2.75) is 31.9 Å². The molecule has 0 radical (unpaired) electrons. The van der Waals surface area contributed by atoms with E-state index in [1.54, 1.807) is 0 Å². The largest absolute Gasteiger partial charge is 0.365 e. The van der Waals surface area contributed by atoms with E-state index < -0.39 is 9.84 Å². The molecule has 2 heterocycles. The molecule has 0 aromatic rings. The Hall–Kier alpha value is -0.230. The van der Waals surface area contributed by atoms with Crippen molar-refractivity contribution < 1.29 is 8.42 Å². The minimum absolute atomic E-state index is 0.266. The summed E-state index contributed by atoms with van der Waals surface area (Å²) in [7, 11) is -2.75. The van der Waals surface area contributed by atoms with Gasteiger partial charge in [-0.2, -0.15) is 0 Å². The molecular formula is C12H22N2O2S2. The molecule has 0 amide bonds. The van der Waals surface area contributed by atoms with Crippen molar-refractivity contribution in [3.63, 3.8) is 0 Å². The number of hydrogen-bond donors (Lipinski definition) is 1. The number of hydrogen-bond acceptors (Lipinski definition) is 5. The number of nitrogens with one attached hydrogen (secondary N) is 1. The molecule has 1 saturated heterocycles.